The van der Waals surface area contributed by atoms with Gasteiger partial charge in [-0.2, -0.15) is 0 Å². The van der Waals surface area contributed by atoms with Crippen LogP contribution in [-0.2, 0) is 11.4 Å². The lowest BCUT2D eigenvalue weighted by Gasteiger charge is -2.18. The Morgan fingerprint density at radius 3 is 2.50 bits per heavy atom. The van der Waals surface area contributed by atoms with E-state index >= 15 is 0 Å². The van der Waals surface area contributed by atoms with E-state index < -0.39 is 0 Å². The fourth-order valence-electron chi connectivity index (χ4n) is 2.81. The summed E-state index contributed by atoms with van der Waals surface area (Å²) < 4.78 is 12.3. The van der Waals surface area contributed by atoms with Crippen molar-refractivity contribution < 1.29 is 14.3 Å². The van der Waals surface area contributed by atoms with Crippen molar-refractivity contribution >= 4 is 40.3 Å². The molecule has 146 valence electrons. The van der Waals surface area contributed by atoms with Crippen LogP contribution in [0.1, 0.15) is 31.9 Å². The highest BCUT2D eigenvalue weighted by atomic mass is 32.2. The van der Waals surface area contributed by atoms with Gasteiger partial charge in [-0.05, 0) is 50.1 Å². The minimum Gasteiger partial charge on any atom is -0.490 e. The molecular formula is C22H23NO3S2. The summed E-state index contributed by atoms with van der Waals surface area (Å²) in [4.78, 5) is 14.9. The standard InChI is InChI=1S/C22H23NO3S2/c1-4-25-19-12-17(13-20-21(24)23(15(2)3)22(27)28-20)10-11-18(19)26-14-16-8-6-5-7-9-16/h5-13,15H,4,14H2,1-3H3/b20-13+. The molecule has 1 amide bonds. The highest BCUT2D eigenvalue weighted by Gasteiger charge is 2.33. The maximum Gasteiger partial charge on any atom is 0.266 e. The summed E-state index contributed by atoms with van der Waals surface area (Å²) in [6.45, 7) is 6.84. The fraction of sp³-hybridized carbons (Fsp3) is 0.273. The Morgan fingerprint density at radius 1 is 1.11 bits per heavy atom. The number of thiocarbonyl (C=S) groups is 1. The number of nitrogens with zero attached hydrogens (tertiary/aromatic N) is 1. The molecule has 0 unspecified atom stereocenters. The van der Waals surface area contributed by atoms with Crippen LogP contribution in [0, 0.1) is 0 Å². The van der Waals surface area contributed by atoms with Gasteiger partial charge in [-0.15, -0.1) is 0 Å². The number of rotatable bonds is 7. The van der Waals surface area contributed by atoms with Crippen molar-refractivity contribution in [1.29, 1.82) is 0 Å². The van der Waals surface area contributed by atoms with Crippen LogP contribution in [0.2, 0.25) is 0 Å². The fourth-order valence-corrected chi connectivity index (χ4v) is 4.34. The van der Waals surface area contributed by atoms with E-state index in [2.05, 4.69) is 0 Å². The third-order valence-electron chi connectivity index (χ3n) is 4.14. The Labute approximate surface area is 175 Å². The zero-order chi connectivity index (χ0) is 20.1. The Kier molecular flexibility index (Phi) is 6.75. The second kappa shape index (κ2) is 9.26. The van der Waals surface area contributed by atoms with Crippen LogP contribution in [-0.4, -0.2) is 27.8 Å². The normalized spacial score (nSPS) is 15.6. The summed E-state index contributed by atoms with van der Waals surface area (Å²) in [5.74, 6) is 1.29. The Morgan fingerprint density at radius 2 is 1.86 bits per heavy atom. The molecule has 1 aliphatic rings. The van der Waals surface area contributed by atoms with Crippen LogP contribution in [0.5, 0.6) is 11.5 Å². The molecule has 0 aromatic heterocycles. The highest BCUT2D eigenvalue weighted by Crippen LogP contribution is 2.35. The molecule has 3 rings (SSSR count). The monoisotopic (exact) mass is 413 g/mol. The number of carbonyl (C=O) groups excluding carboxylic acids is 1. The van der Waals surface area contributed by atoms with Crippen LogP contribution >= 0.6 is 24.0 Å². The van der Waals surface area contributed by atoms with Crippen LogP contribution in [0.15, 0.2) is 53.4 Å². The van der Waals surface area contributed by atoms with Crippen molar-refractivity contribution in [3.63, 3.8) is 0 Å². The molecule has 0 spiro atoms. The third-order valence-corrected chi connectivity index (χ3v) is 5.47. The highest BCUT2D eigenvalue weighted by molar-refractivity contribution is 8.26. The van der Waals surface area contributed by atoms with Crippen LogP contribution in [0.3, 0.4) is 0 Å². The lowest BCUT2D eigenvalue weighted by molar-refractivity contribution is -0.123. The third kappa shape index (κ3) is 4.75. The van der Waals surface area contributed by atoms with Gasteiger partial charge < -0.3 is 9.47 Å². The second-order valence-electron chi connectivity index (χ2n) is 6.56. The SMILES string of the molecule is CCOc1cc(/C=C2/SC(=S)N(C(C)C)C2=O)ccc1OCc1ccccc1. The molecule has 0 N–H and O–H groups in total. The molecule has 2 aromatic carbocycles. The number of benzene rings is 2. The minimum absolute atomic E-state index is 0.0474. The summed E-state index contributed by atoms with van der Waals surface area (Å²) in [7, 11) is 0. The summed E-state index contributed by atoms with van der Waals surface area (Å²) >= 11 is 6.67. The maximum absolute atomic E-state index is 12.6. The van der Waals surface area contributed by atoms with Gasteiger partial charge in [-0.25, -0.2) is 0 Å². The molecule has 1 aliphatic heterocycles. The van der Waals surface area contributed by atoms with Gasteiger partial charge in [0, 0.05) is 6.04 Å². The predicted octanol–water partition coefficient (Wildman–Crippen LogP) is 5.27. The van der Waals surface area contributed by atoms with Gasteiger partial charge in [0.2, 0.25) is 0 Å². The largest absolute Gasteiger partial charge is 0.490 e. The second-order valence-corrected chi connectivity index (χ2v) is 8.23. The average Bonchev–Trinajstić information content (AvgIpc) is 2.95. The molecule has 2 aromatic rings. The first-order valence-electron chi connectivity index (χ1n) is 9.20. The molecule has 28 heavy (non-hydrogen) atoms. The van der Waals surface area contributed by atoms with Crippen molar-refractivity contribution in [3.8, 4) is 11.5 Å². The van der Waals surface area contributed by atoms with Gasteiger partial charge in [0.1, 0.15) is 10.9 Å². The minimum atomic E-state index is -0.0487. The van der Waals surface area contributed by atoms with Gasteiger partial charge in [0.15, 0.2) is 11.5 Å². The number of carbonyl (C=O) groups is 1. The molecule has 1 heterocycles. The van der Waals surface area contributed by atoms with Crippen molar-refractivity contribution in [2.24, 2.45) is 0 Å². The Hall–Kier alpha value is -2.31. The number of hydrogen-bond donors (Lipinski definition) is 0. The van der Waals surface area contributed by atoms with Gasteiger partial charge in [0.25, 0.3) is 5.91 Å². The molecule has 0 aliphatic carbocycles. The molecule has 1 saturated heterocycles. The molecule has 0 radical (unpaired) electrons. The van der Waals surface area contributed by atoms with E-state index in [-0.39, 0.29) is 11.9 Å². The lowest BCUT2D eigenvalue weighted by Crippen LogP contribution is -2.34. The molecule has 4 nitrogen and oxygen atoms in total. The van der Waals surface area contributed by atoms with Gasteiger partial charge in [0.05, 0.1) is 11.5 Å². The van der Waals surface area contributed by atoms with E-state index in [1.165, 1.54) is 11.8 Å². The van der Waals surface area contributed by atoms with E-state index in [0.717, 1.165) is 11.1 Å². The van der Waals surface area contributed by atoms with Crippen molar-refractivity contribution in [3.05, 3.63) is 64.6 Å². The first-order chi connectivity index (χ1) is 13.5. The van der Waals surface area contributed by atoms with Gasteiger partial charge in [-0.1, -0.05) is 60.4 Å². The molecule has 0 bridgehead atoms. The van der Waals surface area contributed by atoms with Crippen LogP contribution in [0.4, 0.5) is 0 Å². The Balaban J connectivity index is 1.80. The molecule has 6 heteroatoms. The number of ether oxygens (including phenoxy) is 2. The molecule has 0 saturated carbocycles. The van der Waals surface area contributed by atoms with Crippen LogP contribution < -0.4 is 9.47 Å². The van der Waals surface area contributed by atoms with E-state index in [1.54, 1.807) is 4.90 Å². The van der Waals surface area contributed by atoms with Gasteiger partial charge >= 0.3 is 0 Å². The number of hydrogen-bond acceptors (Lipinski definition) is 5. The maximum atomic E-state index is 12.6. The van der Waals surface area contributed by atoms with E-state index in [4.69, 9.17) is 21.7 Å². The van der Waals surface area contributed by atoms with Crippen molar-refractivity contribution in [2.45, 2.75) is 33.4 Å². The molecule has 1 fully saturated rings. The zero-order valence-electron chi connectivity index (χ0n) is 16.2. The average molecular weight is 414 g/mol. The van der Waals surface area contributed by atoms with Crippen LogP contribution in [0.25, 0.3) is 6.08 Å². The van der Waals surface area contributed by atoms with E-state index in [1.807, 2.05) is 75.4 Å². The quantitative estimate of drug-likeness (QED) is 0.456. The molecular weight excluding hydrogens is 390 g/mol. The summed E-state index contributed by atoms with van der Waals surface area (Å²) in [5, 5.41) is 0. The number of thioether (sulfide) groups is 1. The lowest BCUT2D eigenvalue weighted by atomic mass is 10.1. The van der Waals surface area contributed by atoms with Gasteiger partial charge in [-0.3, -0.25) is 9.69 Å². The predicted molar refractivity (Wildman–Crippen MR) is 119 cm³/mol. The smallest absolute Gasteiger partial charge is 0.266 e. The summed E-state index contributed by atoms with van der Waals surface area (Å²) in [6.07, 6.45) is 1.85. The van der Waals surface area contributed by atoms with Crippen molar-refractivity contribution in [1.82, 2.24) is 4.90 Å². The first kappa shape index (κ1) is 20.4. The van der Waals surface area contributed by atoms with Crippen molar-refractivity contribution in [2.75, 3.05) is 6.61 Å². The molecule has 0 atom stereocenters. The zero-order valence-corrected chi connectivity index (χ0v) is 17.8. The topological polar surface area (TPSA) is 38.8 Å². The summed E-state index contributed by atoms with van der Waals surface area (Å²) in [5.41, 5.74) is 1.96. The van der Waals surface area contributed by atoms with E-state index in [0.29, 0.717) is 33.9 Å². The summed E-state index contributed by atoms with van der Waals surface area (Å²) in [6, 6.07) is 15.7. The first-order valence-corrected chi connectivity index (χ1v) is 10.4. The van der Waals surface area contributed by atoms with E-state index in [9.17, 15) is 4.79 Å². The Bertz CT molecular complexity index is 894. The number of amides is 1.